The molecule has 0 saturated carbocycles. The lowest BCUT2D eigenvalue weighted by atomic mass is 9.99. The number of carbonyl (C=O) groups excluding carboxylic acids is 3. The highest BCUT2D eigenvalue weighted by Crippen LogP contribution is 2.33. The fourth-order valence-corrected chi connectivity index (χ4v) is 7.51. The summed E-state index contributed by atoms with van der Waals surface area (Å²) in [6.07, 6.45) is 0. The number of amides is 2. The van der Waals surface area contributed by atoms with Crippen molar-refractivity contribution >= 4 is 60.4 Å². The first kappa shape index (κ1) is 47.2. The van der Waals surface area contributed by atoms with E-state index in [9.17, 15) is 14.4 Å². The van der Waals surface area contributed by atoms with E-state index < -0.39 is 24.3 Å². The Morgan fingerprint density at radius 2 is 0.903 bits per heavy atom. The van der Waals surface area contributed by atoms with Crippen molar-refractivity contribution in [2.24, 2.45) is 0 Å². The average molecular weight is 990 g/mol. The maximum Gasteiger partial charge on any atom is 0.326 e. The third-order valence-corrected chi connectivity index (χ3v) is 10.7. The molecule has 2 amide bonds. The van der Waals surface area contributed by atoms with Crippen molar-refractivity contribution in [3.63, 3.8) is 0 Å². The predicted octanol–water partition coefficient (Wildman–Crippen LogP) is 6.30. The summed E-state index contributed by atoms with van der Waals surface area (Å²) in [7, 11) is 0. The van der Waals surface area contributed by atoms with Crippen LogP contribution in [0.1, 0.15) is 37.4 Å². The molecule has 0 radical (unpaired) electrons. The van der Waals surface area contributed by atoms with Crippen LogP contribution in [0.25, 0.3) is 10.8 Å². The summed E-state index contributed by atoms with van der Waals surface area (Å²) >= 11 is 6.78. The SMILES string of the molecule is O=C(CN1C(=O)c2c(CBr)ccc(CBr)c2C1=O)OCc1cc2cc(c1)OCCOCCOCCOCCOc1cccc3c(cccc13)OCCOCCOCCOCCO2. The Morgan fingerprint density at radius 3 is 1.31 bits per heavy atom. The summed E-state index contributed by atoms with van der Waals surface area (Å²) in [5.41, 5.74) is 2.50. The molecule has 334 valence electrons. The lowest BCUT2D eigenvalue weighted by Crippen LogP contribution is -2.35. The standard InChI is InChI=1S/C45H51Br2NO14/c46-28-33-7-8-34(29-47)43-42(33)44(50)48(45(43)51)30-41(49)62-31-32-25-35-27-36(26-32)59-22-18-55-14-10-53-12-16-57-20-24-61-40-6-2-4-38-37(40)3-1-5-39(38)60-23-19-56-15-11-52-9-13-54-17-21-58-35/h1-8,25-27H,9-24,28-31H2. The zero-order valence-corrected chi connectivity index (χ0v) is 37.6. The smallest absolute Gasteiger partial charge is 0.326 e. The van der Waals surface area contributed by atoms with Gasteiger partial charge in [-0.1, -0.05) is 68.3 Å². The summed E-state index contributed by atoms with van der Waals surface area (Å²) in [4.78, 5) is 40.6. The molecule has 0 fully saturated rings. The Bertz CT molecular complexity index is 1950. The number of benzene rings is 4. The Labute approximate surface area is 377 Å². The third-order valence-electron chi connectivity index (χ3n) is 9.50. The van der Waals surface area contributed by atoms with E-state index >= 15 is 0 Å². The van der Waals surface area contributed by atoms with Gasteiger partial charge in [-0.15, -0.1) is 0 Å². The number of nitrogens with zero attached hydrogens (tertiary/aromatic N) is 1. The van der Waals surface area contributed by atoms with Crippen molar-refractivity contribution in [1.82, 2.24) is 4.90 Å². The summed E-state index contributed by atoms with van der Waals surface area (Å²) in [6, 6.07) is 20.5. The van der Waals surface area contributed by atoms with Gasteiger partial charge in [0.05, 0.1) is 90.4 Å². The van der Waals surface area contributed by atoms with Crippen molar-refractivity contribution in [1.29, 1.82) is 0 Å². The van der Waals surface area contributed by atoms with Crippen LogP contribution < -0.4 is 18.9 Å². The van der Waals surface area contributed by atoms with Gasteiger partial charge in [0.1, 0.15) is 62.6 Å². The number of ether oxygens (including phenoxy) is 11. The van der Waals surface area contributed by atoms with E-state index in [0.717, 1.165) is 27.2 Å². The molecule has 0 aliphatic carbocycles. The number of halogens is 2. The molecular formula is C45H51Br2NO14. The highest BCUT2D eigenvalue weighted by Gasteiger charge is 2.40. The van der Waals surface area contributed by atoms with E-state index in [1.54, 1.807) is 30.3 Å². The predicted molar refractivity (Wildman–Crippen MR) is 234 cm³/mol. The maximum atomic E-state index is 13.3. The molecule has 17 heteroatoms. The molecule has 0 aromatic heterocycles. The number of rotatable bonds is 6. The van der Waals surface area contributed by atoms with E-state index in [1.165, 1.54) is 0 Å². The minimum absolute atomic E-state index is 0.159. The second-order valence-electron chi connectivity index (χ2n) is 13.7. The molecular weight excluding hydrogens is 938 g/mol. The number of alkyl halides is 2. The van der Waals surface area contributed by atoms with E-state index in [0.29, 0.717) is 142 Å². The normalized spacial score (nSPS) is 17.3. The first-order valence-corrected chi connectivity index (χ1v) is 22.6. The van der Waals surface area contributed by atoms with Crippen molar-refractivity contribution in [3.05, 3.63) is 94.5 Å². The summed E-state index contributed by atoms with van der Waals surface area (Å²) in [5, 5.41) is 2.67. The highest BCUT2D eigenvalue weighted by molar-refractivity contribution is 9.08. The minimum Gasteiger partial charge on any atom is -0.491 e. The molecule has 2 aliphatic rings. The Kier molecular flexibility index (Phi) is 19.5. The first-order valence-electron chi connectivity index (χ1n) is 20.4. The monoisotopic (exact) mass is 987 g/mol. The van der Waals surface area contributed by atoms with Crippen LogP contribution >= 0.6 is 31.9 Å². The van der Waals surface area contributed by atoms with Gasteiger partial charge in [-0.3, -0.25) is 19.3 Å². The van der Waals surface area contributed by atoms with Crippen LogP contribution in [0, 0.1) is 0 Å². The van der Waals surface area contributed by atoms with E-state index in [2.05, 4.69) is 31.9 Å². The van der Waals surface area contributed by atoms with Gasteiger partial charge in [-0.25, -0.2) is 0 Å². The van der Waals surface area contributed by atoms with Crippen LogP contribution in [0.15, 0.2) is 66.7 Å². The molecule has 6 rings (SSSR count). The molecule has 15 nitrogen and oxygen atoms in total. The Hall–Kier alpha value is -4.33. The molecule has 6 bridgehead atoms. The molecule has 2 heterocycles. The van der Waals surface area contributed by atoms with E-state index in [4.69, 9.17) is 52.1 Å². The highest BCUT2D eigenvalue weighted by atomic mass is 79.9. The summed E-state index contributed by atoms with van der Waals surface area (Å²) in [5.74, 6) is 0.628. The van der Waals surface area contributed by atoms with Crippen LogP contribution in [0.3, 0.4) is 0 Å². The number of hydrogen-bond acceptors (Lipinski definition) is 14. The van der Waals surface area contributed by atoms with Gasteiger partial charge in [0.15, 0.2) is 0 Å². The van der Waals surface area contributed by atoms with Gasteiger partial charge < -0.3 is 52.1 Å². The fourth-order valence-electron chi connectivity index (χ4n) is 6.57. The maximum absolute atomic E-state index is 13.3. The molecule has 2 aliphatic heterocycles. The van der Waals surface area contributed by atoms with Crippen LogP contribution in [0.5, 0.6) is 23.0 Å². The molecule has 0 spiro atoms. The number of esters is 1. The van der Waals surface area contributed by atoms with Gasteiger partial charge >= 0.3 is 5.97 Å². The Balaban J connectivity index is 0.985. The molecule has 4 aromatic rings. The van der Waals surface area contributed by atoms with Gasteiger partial charge in [-0.2, -0.15) is 0 Å². The van der Waals surface area contributed by atoms with Crippen molar-refractivity contribution in [2.75, 3.05) is 112 Å². The van der Waals surface area contributed by atoms with Gasteiger partial charge in [0.2, 0.25) is 0 Å². The second-order valence-corrected chi connectivity index (χ2v) is 14.9. The fraction of sp³-hybridized carbons (Fsp3) is 0.444. The summed E-state index contributed by atoms with van der Waals surface area (Å²) < 4.78 is 63.6. The van der Waals surface area contributed by atoms with Crippen molar-refractivity contribution in [2.45, 2.75) is 17.3 Å². The van der Waals surface area contributed by atoms with Gasteiger partial charge in [0.25, 0.3) is 11.8 Å². The van der Waals surface area contributed by atoms with Gasteiger partial charge in [-0.05, 0) is 41.0 Å². The largest absolute Gasteiger partial charge is 0.491 e. The minimum atomic E-state index is -0.745. The lowest BCUT2D eigenvalue weighted by Gasteiger charge is -2.15. The average Bonchev–Trinajstić information content (AvgIpc) is 3.53. The quantitative estimate of drug-likeness (QED) is 0.121. The van der Waals surface area contributed by atoms with Crippen LogP contribution in [0.2, 0.25) is 0 Å². The molecule has 0 N–H and O–H groups in total. The third kappa shape index (κ3) is 13.8. The number of carbonyl (C=O) groups is 3. The van der Waals surface area contributed by atoms with Crippen LogP contribution in [-0.2, 0) is 55.2 Å². The lowest BCUT2D eigenvalue weighted by molar-refractivity contribution is -0.145. The molecule has 0 atom stereocenters. The number of hydrogen-bond donors (Lipinski definition) is 0. The van der Waals surface area contributed by atoms with Crippen LogP contribution in [0.4, 0.5) is 0 Å². The second kappa shape index (κ2) is 25.7. The molecule has 0 saturated heterocycles. The molecule has 4 aromatic carbocycles. The summed E-state index contributed by atoms with van der Waals surface area (Å²) in [6.45, 7) is 5.08. The molecule has 62 heavy (non-hydrogen) atoms. The first-order chi connectivity index (χ1) is 30.5. The van der Waals surface area contributed by atoms with E-state index in [1.807, 2.05) is 36.4 Å². The van der Waals surface area contributed by atoms with Crippen molar-refractivity contribution in [3.8, 4) is 23.0 Å². The van der Waals surface area contributed by atoms with Crippen LogP contribution in [-0.4, -0.2) is 135 Å². The number of imide groups is 1. The van der Waals surface area contributed by atoms with Gasteiger partial charge in [0, 0.05) is 27.5 Å². The molecule has 0 unspecified atom stereocenters. The van der Waals surface area contributed by atoms with Crippen molar-refractivity contribution < 1.29 is 66.5 Å². The topological polar surface area (TPSA) is 156 Å². The number of fused-ring (bicyclic) bond motifs is 3. The Morgan fingerprint density at radius 1 is 0.516 bits per heavy atom. The van der Waals surface area contributed by atoms with E-state index in [-0.39, 0.29) is 19.8 Å². The zero-order chi connectivity index (χ0) is 43.4. The zero-order valence-electron chi connectivity index (χ0n) is 34.4.